The molecule has 0 aromatic carbocycles. The van der Waals surface area contributed by atoms with Gasteiger partial charge < -0.3 is 9.73 Å². The van der Waals surface area contributed by atoms with E-state index in [1.54, 1.807) is 17.8 Å². The number of halogens is 1. The zero-order chi connectivity index (χ0) is 15.2. The first-order valence-electron chi connectivity index (χ1n) is 6.41. The third-order valence-electron chi connectivity index (χ3n) is 2.50. The average Bonchev–Trinajstić information content (AvgIpc) is 2.71. The Hall–Kier alpha value is -0.0200. The van der Waals surface area contributed by atoms with Crippen LogP contribution in [0.2, 0.25) is 0 Å². The molecule has 8 heteroatoms. The Morgan fingerprint density at radius 1 is 1.50 bits per heavy atom. The maximum absolute atomic E-state index is 12.3. The Labute approximate surface area is 133 Å². The Morgan fingerprint density at radius 3 is 2.80 bits per heavy atom. The molecule has 1 unspecified atom stereocenters. The fraction of sp³-hybridized carbons (Fsp3) is 0.667. The molecule has 0 fully saturated rings. The molecule has 0 amide bonds. The fourth-order valence-electron chi connectivity index (χ4n) is 1.67. The predicted molar refractivity (Wildman–Crippen MR) is 86.6 cm³/mol. The number of hydrogen-bond acceptors (Lipinski definition) is 5. The van der Waals surface area contributed by atoms with E-state index in [2.05, 4.69) is 32.9 Å². The molecule has 0 saturated heterocycles. The smallest absolute Gasteiger partial charge is 0.245 e. The van der Waals surface area contributed by atoms with E-state index in [0.29, 0.717) is 12.3 Å². The van der Waals surface area contributed by atoms with Gasteiger partial charge in [-0.05, 0) is 42.1 Å². The Balaban J connectivity index is 2.79. The summed E-state index contributed by atoms with van der Waals surface area (Å²) in [4.78, 5) is 0.152. The number of hydrogen-bond donors (Lipinski definition) is 2. The number of sulfonamides is 1. The summed E-state index contributed by atoms with van der Waals surface area (Å²) < 4.78 is 32.8. The first kappa shape index (κ1) is 18.0. The van der Waals surface area contributed by atoms with Crippen molar-refractivity contribution in [2.75, 3.05) is 18.6 Å². The number of rotatable bonds is 9. The first-order chi connectivity index (χ1) is 9.40. The molecule has 0 aliphatic carbocycles. The van der Waals surface area contributed by atoms with Crippen molar-refractivity contribution in [3.63, 3.8) is 0 Å². The molecule has 1 aromatic heterocycles. The second-order valence-corrected chi connectivity index (χ2v) is 7.82. The lowest BCUT2D eigenvalue weighted by molar-refractivity contribution is 0.460. The maximum atomic E-state index is 12.3. The molecule has 20 heavy (non-hydrogen) atoms. The van der Waals surface area contributed by atoms with Gasteiger partial charge in [0.15, 0.2) is 4.67 Å². The molecule has 1 aromatic rings. The lowest BCUT2D eigenvalue weighted by Gasteiger charge is -2.11. The highest BCUT2D eigenvalue weighted by Crippen LogP contribution is 2.26. The highest BCUT2D eigenvalue weighted by molar-refractivity contribution is 9.10. The standard InChI is InChI=1S/C12H21BrN2O3S2/c1-4-5-14-7-10-6-11(12(13)18-10)20(16,17)15-9(2)8-19-3/h6,9,14-15H,4-5,7-8H2,1-3H3. The van der Waals surface area contributed by atoms with Crippen molar-refractivity contribution in [3.05, 3.63) is 16.5 Å². The molecule has 116 valence electrons. The molecular weight excluding hydrogens is 364 g/mol. The van der Waals surface area contributed by atoms with Crippen molar-refractivity contribution in [2.24, 2.45) is 0 Å². The van der Waals surface area contributed by atoms with Crippen LogP contribution in [0.25, 0.3) is 0 Å². The number of nitrogens with one attached hydrogen (secondary N) is 2. The van der Waals surface area contributed by atoms with Gasteiger partial charge in [0, 0.05) is 17.9 Å². The van der Waals surface area contributed by atoms with Gasteiger partial charge >= 0.3 is 0 Å². The highest BCUT2D eigenvalue weighted by Gasteiger charge is 2.24. The summed E-state index contributed by atoms with van der Waals surface area (Å²) in [5.41, 5.74) is 0. The van der Waals surface area contributed by atoms with Gasteiger partial charge in [-0.2, -0.15) is 11.8 Å². The summed E-state index contributed by atoms with van der Waals surface area (Å²) in [6.07, 6.45) is 2.96. The van der Waals surface area contributed by atoms with E-state index in [1.165, 1.54) is 0 Å². The van der Waals surface area contributed by atoms with E-state index < -0.39 is 10.0 Å². The zero-order valence-corrected chi connectivity index (χ0v) is 15.1. The van der Waals surface area contributed by atoms with E-state index in [4.69, 9.17) is 4.42 Å². The van der Waals surface area contributed by atoms with Crippen LogP contribution < -0.4 is 10.0 Å². The maximum Gasteiger partial charge on any atom is 0.245 e. The summed E-state index contributed by atoms with van der Waals surface area (Å²) in [6, 6.07) is 1.43. The molecule has 0 bridgehead atoms. The summed E-state index contributed by atoms with van der Waals surface area (Å²) in [6.45, 7) is 5.29. The molecule has 0 aliphatic heterocycles. The van der Waals surface area contributed by atoms with Crippen molar-refractivity contribution in [1.82, 2.24) is 10.0 Å². The van der Waals surface area contributed by atoms with Gasteiger partial charge in [-0.3, -0.25) is 0 Å². The van der Waals surface area contributed by atoms with Gasteiger partial charge in [0.2, 0.25) is 10.0 Å². The van der Waals surface area contributed by atoms with Gasteiger partial charge in [0.05, 0.1) is 6.54 Å². The van der Waals surface area contributed by atoms with Crippen LogP contribution in [0.5, 0.6) is 0 Å². The largest absolute Gasteiger partial charge is 0.452 e. The van der Waals surface area contributed by atoms with Crippen molar-refractivity contribution >= 4 is 37.7 Å². The van der Waals surface area contributed by atoms with Crippen LogP contribution in [0.15, 0.2) is 20.0 Å². The second-order valence-electron chi connectivity index (χ2n) is 4.51. The van der Waals surface area contributed by atoms with Crippen molar-refractivity contribution in [3.8, 4) is 0 Å². The summed E-state index contributed by atoms with van der Waals surface area (Å²) >= 11 is 4.77. The molecule has 1 heterocycles. The minimum Gasteiger partial charge on any atom is -0.452 e. The predicted octanol–water partition coefficient (Wildman–Crippen LogP) is 2.57. The van der Waals surface area contributed by atoms with E-state index in [-0.39, 0.29) is 15.6 Å². The van der Waals surface area contributed by atoms with Crippen molar-refractivity contribution < 1.29 is 12.8 Å². The van der Waals surface area contributed by atoms with Crippen LogP contribution in [0.4, 0.5) is 0 Å². The Bertz CT molecular complexity index is 517. The second kappa shape index (κ2) is 8.43. The molecule has 0 radical (unpaired) electrons. The molecule has 2 N–H and O–H groups in total. The monoisotopic (exact) mass is 384 g/mol. The molecule has 1 atom stereocenters. The summed E-state index contributed by atoms with van der Waals surface area (Å²) in [7, 11) is -3.55. The van der Waals surface area contributed by atoms with Crippen LogP contribution in [0.1, 0.15) is 26.0 Å². The van der Waals surface area contributed by atoms with E-state index in [1.807, 2.05) is 13.2 Å². The normalized spacial score (nSPS) is 13.6. The van der Waals surface area contributed by atoms with Gasteiger partial charge in [0.25, 0.3) is 0 Å². The molecule has 1 rings (SSSR count). The molecule has 0 aliphatic rings. The summed E-state index contributed by atoms with van der Waals surface area (Å²) in [5, 5.41) is 3.17. The van der Waals surface area contributed by atoms with Gasteiger partial charge in [-0.25, -0.2) is 13.1 Å². The van der Waals surface area contributed by atoms with E-state index in [9.17, 15) is 8.42 Å². The zero-order valence-electron chi connectivity index (χ0n) is 11.9. The fourth-order valence-corrected chi connectivity index (χ4v) is 4.60. The van der Waals surface area contributed by atoms with Crippen LogP contribution in [-0.4, -0.2) is 33.0 Å². The molecule has 0 spiro atoms. The SMILES string of the molecule is CCCNCc1cc(S(=O)(=O)NC(C)CSC)c(Br)o1. The van der Waals surface area contributed by atoms with Gasteiger partial charge in [-0.1, -0.05) is 6.92 Å². The summed E-state index contributed by atoms with van der Waals surface area (Å²) in [5.74, 6) is 1.32. The average molecular weight is 385 g/mol. The Morgan fingerprint density at radius 2 is 2.20 bits per heavy atom. The van der Waals surface area contributed by atoms with E-state index in [0.717, 1.165) is 18.7 Å². The minimum absolute atomic E-state index is 0.126. The van der Waals surface area contributed by atoms with E-state index >= 15 is 0 Å². The van der Waals surface area contributed by atoms with Crippen molar-refractivity contribution in [1.29, 1.82) is 0 Å². The quantitative estimate of drug-likeness (QED) is 0.640. The van der Waals surface area contributed by atoms with Crippen LogP contribution in [-0.2, 0) is 16.6 Å². The minimum atomic E-state index is -3.55. The topological polar surface area (TPSA) is 71.3 Å². The first-order valence-corrected chi connectivity index (χ1v) is 10.1. The van der Waals surface area contributed by atoms with Crippen LogP contribution in [0.3, 0.4) is 0 Å². The third kappa shape index (κ3) is 5.40. The number of furan rings is 1. The third-order valence-corrected chi connectivity index (χ3v) is 5.77. The highest BCUT2D eigenvalue weighted by atomic mass is 79.9. The van der Waals surface area contributed by atoms with Crippen LogP contribution >= 0.6 is 27.7 Å². The van der Waals surface area contributed by atoms with Gasteiger partial charge in [-0.15, -0.1) is 0 Å². The van der Waals surface area contributed by atoms with Crippen molar-refractivity contribution in [2.45, 2.75) is 37.8 Å². The Kier molecular flexibility index (Phi) is 7.60. The van der Waals surface area contributed by atoms with Crippen LogP contribution in [0, 0.1) is 0 Å². The lowest BCUT2D eigenvalue weighted by atomic mass is 10.4. The molecule has 5 nitrogen and oxygen atoms in total. The number of thioether (sulfide) groups is 1. The molecule has 0 saturated carbocycles. The lowest BCUT2D eigenvalue weighted by Crippen LogP contribution is -2.34. The molecular formula is C12H21BrN2O3S2. The van der Waals surface area contributed by atoms with Gasteiger partial charge in [0.1, 0.15) is 10.7 Å².